The molecule has 0 radical (unpaired) electrons. The van der Waals surface area contributed by atoms with Crippen molar-refractivity contribution in [3.63, 3.8) is 0 Å². The number of β-amino-alcohol motifs (C(OH)–C–C–N with tert-alkyl or cyclic N) is 1. The molecule has 96 valence electrons. The lowest BCUT2D eigenvalue weighted by molar-refractivity contribution is -0.0551. The fourth-order valence-electron chi connectivity index (χ4n) is 1.80. The number of benzene rings is 1. The molecule has 1 atom stereocenters. The van der Waals surface area contributed by atoms with Gasteiger partial charge >= 0.3 is 0 Å². The number of aliphatic hydroxyl groups excluding tert-OH is 1. The monoisotopic (exact) mass is 249 g/mol. The minimum absolute atomic E-state index is 0.212. The van der Waals surface area contributed by atoms with Gasteiger partial charge in [0.25, 0.3) is 11.8 Å². The van der Waals surface area contributed by atoms with Crippen molar-refractivity contribution in [1.82, 2.24) is 4.90 Å². The summed E-state index contributed by atoms with van der Waals surface area (Å²) in [6.45, 7) is 2.64. The summed E-state index contributed by atoms with van der Waals surface area (Å²) < 4.78 is 0. The van der Waals surface area contributed by atoms with Gasteiger partial charge in [-0.05, 0) is 26.0 Å². The molecule has 0 saturated heterocycles. The van der Waals surface area contributed by atoms with Crippen molar-refractivity contribution in [2.45, 2.75) is 25.6 Å². The zero-order chi connectivity index (χ0) is 13.5. The van der Waals surface area contributed by atoms with Crippen LogP contribution < -0.4 is 0 Å². The fraction of sp³-hybridized carbons (Fsp3) is 0.385. The maximum Gasteiger partial charge on any atom is 0.261 e. The van der Waals surface area contributed by atoms with Crippen LogP contribution in [0.4, 0.5) is 0 Å². The molecule has 0 aromatic heterocycles. The van der Waals surface area contributed by atoms with E-state index < -0.39 is 23.5 Å². The number of aliphatic hydroxyl groups is 2. The molecule has 1 aliphatic rings. The van der Waals surface area contributed by atoms with E-state index in [-0.39, 0.29) is 6.54 Å². The normalized spacial score (nSPS) is 17.0. The Labute approximate surface area is 105 Å². The predicted molar refractivity (Wildman–Crippen MR) is 64.1 cm³/mol. The van der Waals surface area contributed by atoms with Crippen LogP contribution in [0.15, 0.2) is 24.3 Å². The Balaban J connectivity index is 2.24. The zero-order valence-electron chi connectivity index (χ0n) is 10.3. The number of carbonyl (C=O) groups excluding carboxylic acids is 2. The third-order valence-corrected chi connectivity index (χ3v) is 3.05. The third-order valence-electron chi connectivity index (χ3n) is 3.05. The lowest BCUT2D eigenvalue weighted by Gasteiger charge is -2.27. The molecule has 0 aliphatic carbocycles. The first-order chi connectivity index (χ1) is 8.32. The first-order valence-corrected chi connectivity index (χ1v) is 5.68. The molecule has 1 aromatic rings. The molecular formula is C13H15NO4. The second-order valence-corrected chi connectivity index (χ2v) is 4.94. The molecular weight excluding hydrogens is 234 g/mol. The standard InChI is InChI=1S/C13H15NO4/c1-13(2,18)10(15)7-14-11(16)8-5-3-4-6-9(8)12(14)17/h3-6,10,15,18H,7H2,1-2H3/t10-/m1/s1. The summed E-state index contributed by atoms with van der Waals surface area (Å²) in [4.78, 5) is 24.9. The minimum Gasteiger partial charge on any atom is -0.388 e. The largest absolute Gasteiger partial charge is 0.388 e. The molecule has 1 aromatic carbocycles. The minimum atomic E-state index is -1.37. The van der Waals surface area contributed by atoms with E-state index in [2.05, 4.69) is 0 Å². The van der Waals surface area contributed by atoms with Crippen LogP contribution in [0.5, 0.6) is 0 Å². The van der Waals surface area contributed by atoms with Crippen LogP contribution in [0.1, 0.15) is 34.6 Å². The molecule has 2 rings (SSSR count). The first kappa shape index (κ1) is 12.7. The molecule has 0 fully saturated rings. The van der Waals surface area contributed by atoms with Crippen molar-refractivity contribution in [1.29, 1.82) is 0 Å². The Hall–Kier alpha value is -1.72. The summed E-state index contributed by atoms with van der Waals surface area (Å²) in [7, 11) is 0. The van der Waals surface area contributed by atoms with Crippen LogP contribution >= 0.6 is 0 Å². The molecule has 0 bridgehead atoms. The molecule has 0 spiro atoms. The summed E-state index contributed by atoms with van der Waals surface area (Å²) >= 11 is 0. The lowest BCUT2D eigenvalue weighted by atomic mass is 10.0. The van der Waals surface area contributed by atoms with E-state index >= 15 is 0 Å². The second kappa shape index (κ2) is 4.19. The summed E-state index contributed by atoms with van der Waals surface area (Å²) in [6.07, 6.45) is -1.18. The summed E-state index contributed by atoms with van der Waals surface area (Å²) in [5, 5.41) is 19.4. The van der Waals surface area contributed by atoms with Gasteiger partial charge in [-0.1, -0.05) is 12.1 Å². The van der Waals surface area contributed by atoms with E-state index in [0.717, 1.165) is 4.90 Å². The van der Waals surface area contributed by atoms with Crippen LogP contribution in [-0.2, 0) is 0 Å². The van der Waals surface area contributed by atoms with Crippen LogP contribution in [0.25, 0.3) is 0 Å². The average molecular weight is 249 g/mol. The Morgan fingerprint density at radius 2 is 1.61 bits per heavy atom. The van der Waals surface area contributed by atoms with E-state index in [1.165, 1.54) is 13.8 Å². The van der Waals surface area contributed by atoms with Crippen molar-refractivity contribution in [2.24, 2.45) is 0 Å². The number of imide groups is 1. The number of fused-ring (bicyclic) bond motifs is 1. The first-order valence-electron chi connectivity index (χ1n) is 5.68. The lowest BCUT2D eigenvalue weighted by Crippen LogP contribution is -2.46. The highest BCUT2D eigenvalue weighted by atomic mass is 16.3. The van der Waals surface area contributed by atoms with Crippen molar-refractivity contribution >= 4 is 11.8 Å². The highest BCUT2D eigenvalue weighted by Crippen LogP contribution is 2.23. The fourth-order valence-corrected chi connectivity index (χ4v) is 1.80. The Morgan fingerprint density at radius 3 is 2.00 bits per heavy atom. The number of hydrogen-bond donors (Lipinski definition) is 2. The summed E-state index contributed by atoms with van der Waals surface area (Å²) in [6, 6.07) is 6.51. The van der Waals surface area contributed by atoms with Gasteiger partial charge in [0.05, 0.1) is 23.3 Å². The summed E-state index contributed by atoms with van der Waals surface area (Å²) in [5.74, 6) is -0.863. The van der Waals surface area contributed by atoms with Crippen molar-refractivity contribution in [3.8, 4) is 0 Å². The topological polar surface area (TPSA) is 77.8 Å². The third kappa shape index (κ3) is 2.02. The van der Waals surface area contributed by atoms with Gasteiger partial charge in [-0.25, -0.2) is 0 Å². The molecule has 1 heterocycles. The van der Waals surface area contributed by atoms with Crippen LogP contribution in [0, 0.1) is 0 Å². The second-order valence-electron chi connectivity index (χ2n) is 4.94. The van der Waals surface area contributed by atoms with Gasteiger partial charge in [0.2, 0.25) is 0 Å². The van der Waals surface area contributed by atoms with Gasteiger partial charge in [0.1, 0.15) is 6.10 Å². The zero-order valence-corrected chi connectivity index (χ0v) is 10.3. The number of hydrogen-bond acceptors (Lipinski definition) is 4. The molecule has 2 N–H and O–H groups in total. The smallest absolute Gasteiger partial charge is 0.261 e. The van der Waals surface area contributed by atoms with Crippen LogP contribution in [0.3, 0.4) is 0 Å². The van der Waals surface area contributed by atoms with E-state index in [4.69, 9.17) is 0 Å². The average Bonchev–Trinajstić information content (AvgIpc) is 2.54. The van der Waals surface area contributed by atoms with Crippen molar-refractivity contribution in [2.75, 3.05) is 6.54 Å². The van der Waals surface area contributed by atoms with E-state index in [9.17, 15) is 19.8 Å². The van der Waals surface area contributed by atoms with Crippen molar-refractivity contribution in [3.05, 3.63) is 35.4 Å². The Kier molecular flexibility index (Phi) is 2.96. The van der Waals surface area contributed by atoms with E-state index in [1.54, 1.807) is 24.3 Å². The maximum atomic E-state index is 12.0. The van der Waals surface area contributed by atoms with Gasteiger partial charge in [0, 0.05) is 0 Å². The number of carbonyl (C=O) groups is 2. The number of amides is 2. The quantitative estimate of drug-likeness (QED) is 0.761. The maximum absolute atomic E-state index is 12.0. The Bertz CT molecular complexity index is 469. The van der Waals surface area contributed by atoms with Gasteiger partial charge in [-0.15, -0.1) is 0 Å². The van der Waals surface area contributed by atoms with Gasteiger partial charge < -0.3 is 10.2 Å². The predicted octanol–water partition coefficient (Wildman–Crippen LogP) is 0.414. The Morgan fingerprint density at radius 1 is 1.17 bits per heavy atom. The van der Waals surface area contributed by atoms with Crippen molar-refractivity contribution < 1.29 is 19.8 Å². The summed E-state index contributed by atoms with van der Waals surface area (Å²) in [5.41, 5.74) is -0.689. The van der Waals surface area contributed by atoms with E-state index in [0.29, 0.717) is 11.1 Å². The molecule has 18 heavy (non-hydrogen) atoms. The number of rotatable bonds is 3. The molecule has 2 amide bonds. The van der Waals surface area contributed by atoms with Gasteiger partial charge in [-0.2, -0.15) is 0 Å². The molecule has 0 unspecified atom stereocenters. The van der Waals surface area contributed by atoms with Crippen LogP contribution in [-0.4, -0.2) is 45.2 Å². The van der Waals surface area contributed by atoms with Crippen LogP contribution in [0.2, 0.25) is 0 Å². The molecule has 0 saturated carbocycles. The number of nitrogens with zero attached hydrogens (tertiary/aromatic N) is 1. The molecule has 5 heteroatoms. The van der Waals surface area contributed by atoms with Gasteiger partial charge in [0.15, 0.2) is 0 Å². The highest BCUT2D eigenvalue weighted by Gasteiger charge is 2.38. The highest BCUT2D eigenvalue weighted by molar-refractivity contribution is 6.21. The van der Waals surface area contributed by atoms with Gasteiger partial charge in [-0.3, -0.25) is 14.5 Å². The van der Waals surface area contributed by atoms with E-state index in [1.807, 2.05) is 0 Å². The SMILES string of the molecule is CC(C)(O)[C@H](O)CN1C(=O)c2ccccc2C1=O. The molecule has 5 nitrogen and oxygen atoms in total. The molecule has 1 aliphatic heterocycles.